The van der Waals surface area contributed by atoms with E-state index in [-0.39, 0.29) is 11.7 Å². The Bertz CT molecular complexity index is 630. The van der Waals surface area contributed by atoms with Crippen LogP contribution in [-0.4, -0.2) is 0 Å². The van der Waals surface area contributed by atoms with E-state index in [0.717, 1.165) is 11.6 Å². The van der Waals surface area contributed by atoms with Crippen molar-refractivity contribution in [3.63, 3.8) is 0 Å². The number of halogens is 4. The van der Waals surface area contributed by atoms with Gasteiger partial charge in [0.05, 0.1) is 5.56 Å². The molecule has 0 N–H and O–H groups in total. The molecule has 1 unspecified atom stereocenters. The van der Waals surface area contributed by atoms with Crippen molar-refractivity contribution in [2.45, 2.75) is 52.1 Å². The van der Waals surface area contributed by atoms with Gasteiger partial charge in [-0.2, -0.15) is 13.2 Å². The monoisotopic (exact) mass is 340 g/mol. The Hall–Kier alpha value is -1.84. The van der Waals surface area contributed by atoms with Crippen molar-refractivity contribution >= 4 is 0 Å². The quantitative estimate of drug-likeness (QED) is 0.520. The Morgan fingerprint density at radius 1 is 0.917 bits per heavy atom. The topological polar surface area (TPSA) is 0 Å². The smallest absolute Gasteiger partial charge is 0.207 e. The molecule has 0 aromatic heterocycles. The van der Waals surface area contributed by atoms with Gasteiger partial charge in [-0.15, -0.1) is 0 Å². The first kappa shape index (κ1) is 20.2. The second-order valence-corrected chi connectivity index (χ2v) is 6.10. The van der Waals surface area contributed by atoms with Crippen LogP contribution in [0.25, 0.3) is 0 Å². The maximum Gasteiger partial charge on any atom is 0.416 e. The fraction of sp³-hybridized carbons (Fsp3) is 0.400. The molecule has 0 nitrogen and oxygen atoms in total. The highest BCUT2D eigenvalue weighted by Crippen LogP contribution is 2.35. The van der Waals surface area contributed by atoms with Crippen LogP contribution < -0.4 is 0 Å². The van der Waals surface area contributed by atoms with E-state index in [1.54, 1.807) is 24.3 Å². The summed E-state index contributed by atoms with van der Waals surface area (Å²) in [4.78, 5) is 0. The van der Waals surface area contributed by atoms with E-state index in [9.17, 15) is 17.6 Å². The molecule has 0 bridgehead atoms. The molecule has 2 rings (SSSR count). The predicted molar refractivity (Wildman–Crippen MR) is 90.6 cm³/mol. The van der Waals surface area contributed by atoms with Crippen LogP contribution in [0.1, 0.15) is 62.6 Å². The molecule has 0 aliphatic heterocycles. The van der Waals surface area contributed by atoms with Gasteiger partial charge in [0.15, 0.2) is 0 Å². The lowest BCUT2D eigenvalue weighted by Gasteiger charge is -2.16. The molecule has 4 heteroatoms. The van der Waals surface area contributed by atoms with Gasteiger partial charge >= 0.3 is 6.18 Å². The van der Waals surface area contributed by atoms with Gasteiger partial charge in [-0.3, -0.25) is 0 Å². The first-order valence-corrected chi connectivity index (χ1v) is 8.08. The van der Waals surface area contributed by atoms with Crippen LogP contribution in [0.4, 0.5) is 17.6 Å². The zero-order valence-corrected chi connectivity index (χ0v) is 14.5. The summed E-state index contributed by atoms with van der Waals surface area (Å²) >= 11 is 0. The van der Waals surface area contributed by atoms with Crippen LogP contribution in [0.5, 0.6) is 0 Å². The molecule has 2 aromatic carbocycles. The Balaban J connectivity index is 0.000000254. The molecule has 0 saturated carbocycles. The van der Waals surface area contributed by atoms with E-state index in [1.807, 2.05) is 19.9 Å². The summed E-state index contributed by atoms with van der Waals surface area (Å²) in [7, 11) is 0. The van der Waals surface area contributed by atoms with Crippen LogP contribution in [0.15, 0.2) is 48.5 Å². The standard InChI is InChI=1S/C11H13F3.C9H11F/c1-3-8(2)9-6-4-5-7-10(9)11(12,13)14;1-7(2)8-4-3-5-9(10)6-8/h4-8H,3H2,1-2H3;3-7H,1-2H3. The molecule has 132 valence electrons. The van der Waals surface area contributed by atoms with E-state index in [0.29, 0.717) is 17.9 Å². The highest BCUT2D eigenvalue weighted by atomic mass is 19.4. The summed E-state index contributed by atoms with van der Waals surface area (Å²) in [6.07, 6.45) is -3.52. The van der Waals surface area contributed by atoms with Gasteiger partial charge < -0.3 is 0 Å². The number of alkyl halides is 3. The lowest BCUT2D eigenvalue weighted by atomic mass is 9.93. The summed E-state index contributed by atoms with van der Waals surface area (Å²) in [5, 5.41) is 0. The number of benzene rings is 2. The lowest BCUT2D eigenvalue weighted by molar-refractivity contribution is -0.138. The molecule has 0 heterocycles. The maximum absolute atomic E-state index is 12.5. The fourth-order valence-corrected chi connectivity index (χ4v) is 2.27. The number of hydrogen-bond acceptors (Lipinski definition) is 0. The summed E-state index contributed by atoms with van der Waals surface area (Å²) in [5.74, 6) is 0.217. The van der Waals surface area contributed by atoms with E-state index >= 15 is 0 Å². The van der Waals surface area contributed by atoms with Crippen LogP contribution in [0, 0.1) is 5.82 Å². The largest absolute Gasteiger partial charge is 0.416 e. The van der Waals surface area contributed by atoms with Gasteiger partial charge in [0.2, 0.25) is 0 Å². The Kier molecular flexibility index (Phi) is 7.46. The average molecular weight is 340 g/mol. The average Bonchev–Trinajstić information content (AvgIpc) is 2.54. The molecule has 0 aliphatic rings. The van der Waals surface area contributed by atoms with Crippen molar-refractivity contribution in [3.8, 4) is 0 Å². The normalized spacial score (nSPS) is 12.5. The molecule has 0 radical (unpaired) electrons. The molecule has 0 aliphatic carbocycles. The van der Waals surface area contributed by atoms with Crippen LogP contribution in [-0.2, 0) is 6.18 Å². The molecule has 0 fully saturated rings. The summed E-state index contributed by atoms with van der Waals surface area (Å²) in [5.41, 5.74) is 0.942. The van der Waals surface area contributed by atoms with Crippen molar-refractivity contribution in [2.75, 3.05) is 0 Å². The summed E-state index contributed by atoms with van der Waals surface area (Å²) in [6.45, 7) is 7.80. The van der Waals surface area contributed by atoms with Crippen molar-refractivity contribution in [1.29, 1.82) is 0 Å². The number of hydrogen-bond donors (Lipinski definition) is 0. The zero-order valence-electron chi connectivity index (χ0n) is 14.5. The predicted octanol–water partition coefficient (Wildman–Crippen LogP) is 7.17. The van der Waals surface area contributed by atoms with E-state index in [2.05, 4.69) is 13.8 Å². The SMILES string of the molecule is CC(C)c1cccc(F)c1.CCC(C)c1ccccc1C(F)(F)F. The molecular weight excluding hydrogens is 316 g/mol. The second kappa shape index (κ2) is 8.86. The number of rotatable bonds is 3. The van der Waals surface area contributed by atoms with Crippen molar-refractivity contribution in [1.82, 2.24) is 0 Å². The first-order valence-electron chi connectivity index (χ1n) is 8.08. The summed E-state index contributed by atoms with van der Waals surface area (Å²) in [6, 6.07) is 12.5. The molecule has 0 saturated heterocycles. The highest BCUT2D eigenvalue weighted by molar-refractivity contribution is 5.32. The minimum Gasteiger partial charge on any atom is -0.207 e. The molecule has 1 atom stereocenters. The van der Waals surface area contributed by atoms with Gasteiger partial charge in [-0.25, -0.2) is 4.39 Å². The molecule has 24 heavy (non-hydrogen) atoms. The maximum atomic E-state index is 12.5. The van der Waals surface area contributed by atoms with Gasteiger partial charge in [0, 0.05) is 0 Å². The van der Waals surface area contributed by atoms with Gasteiger partial charge in [0.25, 0.3) is 0 Å². The second-order valence-electron chi connectivity index (χ2n) is 6.10. The third-order valence-electron chi connectivity index (χ3n) is 3.92. The van der Waals surface area contributed by atoms with Crippen molar-refractivity contribution in [3.05, 3.63) is 71.0 Å². The van der Waals surface area contributed by atoms with Gasteiger partial charge in [-0.05, 0) is 47.6 Å². The zero-order chi connectivity index (χ0) is 18.3. The molecular formula is C20H24F4. The third kappa shape index (κ3) is 5.99. The Labute approximate surface area is 141 Å². The summed E-state index contributed by atoms with van der Waals surface area (Å²) < 4.78 is 50.2. The molecule has 0 spiro atoms. The third-order valence-corrected chi connectivity index (χ3v) is 3.92. The van der Waals surface area contributed by atoms with Gasteiger partial charge in [0.1, 0.15) is 5.82 Å². The Morgan fingerprint density at radius 2 is 1.54 bits per heavy atom. The lowest BCUT2D eigenvalue weighted by Crippen LogP contribution is -2.10. The van der Waals surface area contributed by atoms with E-state index < -0.39 is 11.7 Å². The van der Waals surface area contributed by atoms with Crippen LogP contribution in [0.2, 0.25) is 0 Å². The minimum absolute atomic E-state index is 0.0483. The van der Waals surface area contributed by atoms with E-state index in [1.165, 1.54) is 12.1 Å². The van der Waals surface area contributed by atoms with Crippen molar-refractivity contribution < 1.29 is 17.6 Å². The van der Waals surface area contributed by atoms with E-state index in [4.69, 9.17) is 0 Å². The van der Waals surface area contributed by atoms with Crippen molar-refractivity contribution in [2.24, 2.45) is 0 Å². The van der Waals surface area contributed by atoms with Crippen LogP contribution in [0.3, 0.4) is 0 Å². The first-order chi connectivity index (χ1) is 11.2. The highest BCUT2D eigenvalue weighted by Gasteiger charge is 2.33. The Morgan fingerprint density at radius 3 is 2.00 bits per heavy atom. The fourth-order valence-electron chi connectivity index (χ4n) is 2.27. The minimum atomic E-state index is -4.24. The van der Waals surface area contributed by atoms with Gasteiger partial charge in [-0.1, -0.05) is 58.0 Å². The molecule has 0 amide bonds. The molecule has 2 aromatic rings. The van der Waals surface area contributed by atoms with Crippen LogP contribution >= 0.6 is 0 Å².